The molecule has 2 saturated heterocycles. The zero-order chi connectivity index (χ0) is 29.6. The van der Waals surface area contributed by atoms with Gasteiger partial charge in [-0.05, 0) is 24.3 Å². The van der Waals surface area contributed by atoms with Gasteiger partial charge in [-0.1, -0.05) is 0 Å². The number of hydrogen-bond acceptors (Lipinski definition) is 14. The molecule has 2 aromatic carbocycles. The van der Waals surface area contributed by atoms with E-state index in [-0.39, 0.29) is 16.7 Å². The highest BCUT2D eigenvalue weighted by molar-refractivity contribution is 5.88. The van der Waals surface area contributed by atoms with E-state index in [1.165, 1.54) is 7.11 Å². The van der Waals surface area contributed by atoms with E-state index >= 15 is 0 Å². The Morgan fingerprint density at radius 1 is 0.951 bits per heavy atom. The van der Waals surface area contributed by atoms with Crippen LogP contribution in [0.5, 0.6) is 17.2 Å². The fraction of sp³-hybridized carbons (Fsp3) is 0.444. The predicted molar refractivity (Wildman–Crippen MR) is 137 cm³/mol. The second kappa shape index (κ2) is 11.5. The van der Waals surface area contributed by atoms with Gasteiger partial charge in [-0.3, -0.25) is 4.79 Å². The van der Waals surface area contributed by atoms with Crippen LogP contribution in [0.25, 0.3) is 22.3 Å². The molecule has 0 spiro atoms. The highest BCUT2D eigenvalue weighted by Crippen LogP contribution is 2.45. The summed E-state index contributed by atoms with van der Waals surface area (Å²) in [4.78, 5) is 13.1. The molecule has 222 valence electrons. The van der Waals surface area contributed by atoms with Crippen LogP contribution in [-0.4, -0.2) is 110 Å². The van der Waals surface area contributed by atoms with Gasteiger partial charge >= 0.3 is 0 Å². The van der Waals surface area contributed by atoms with E-state index in [2.05, 4.69) is 0 Å². The number of fused-ring (bicyclic) bond motifs is 1. The first kappa shape index (κ1) is 29.2. The summed E-state index contributed by atoms with van der Waals surface area (Å²) in [6.45, 7) is -1.21. The molecule has 14 nitrogen and oxygen atoms in total. The summed E-state index contributed by atoms with van der Waals surface area (Å²) in [5.74, 6) is -0.706. The maximum Gasteiger partial charge on any atom is 0.197 e. The molecule has 0 amide bonds. The van der Waals surface area contributed by atoms with E-state index in [1.54, 1.807) is 24.3 Å². The average Bonchev–Trinajstić information content (AvgIpc) is 2.95. The summed E-state index contributed by atoms with van der Waals surface area (Å²) in [7, 11) is 1.50. The van der Waals surface area contributed by atoms with Crippen LogP contribution >= 0.6 is 0 Å². The minimum Gasteiger partial charge on any atom is -0.507 e. The zero-order valence-corrected chi connectivity index (χ0v) is 21.6. The molecule has 14 heteroatoms. The van der Waals surface area contributed by atoms with Crippen LogP contribution in [0, 0.1) is 0 Å². The van der Waals surface area contributed by atoms with Gasteiger partial charge in [0.25, 0.3) is 0 Å². The largest absolute Gasteiger partial charge is 0.507 e. The highest BCUT2D eigenvalue weighted by atomic mass is 16.7. The van der Waals surface area contributed by atoms with Gasteiger partial charge in [-0.25, -0.2) is 0 Å². The molecule has 0 bridgehead atoms. The molecule has 0 saturated carbocycles. The first-order valence-corrected chi connectivity index (χ1v) is 12.7. The van der Waals surface area contributed by atoms with E-state index in [4.69, 9.17) is 23.4 Å². The smallest absolute Gasteiger partial charge is 0.197 e. The van der Waals surface area contributed by atoms with Crippen molar-refractivity contribution < 1.29 is 64.2 Å². The fourth-order valence-corrected chi connectivity index (χ4v) is 5.02. The third kappa shape index (κ3) is 5.25. The Morgan fingerprint density at radius 2 is 1.66 bits per heavy atom. The molecule has 5 rings (SSSR count). The van der Waals surface area contributed by atoms with Gasteiger partial charge in [0.15, 0.2) is 11.7 Å². The number of methoxy groups -OCH3 is 1. The molecular formula is C27H30O14. The number of rotatable bonds is 6. The number of phenols is 2. The monoisotopic (exact) mass is 578 g/mol. The first-order chi connectivity index (χ1) is 19.5. The quantitative estimate of drug-likeness (QED) is 0.173. The van der Waals surface area contributed by atoms with E-state index in [9.17, 15) is 45.6 Å². The van der Waals surface area contributed by atoms with Gasteiger partial charge in [0.1, 0.15) is 82.8 Å². The van der Waals surface area contributed by atoms with Gasteiger partial charge in [0, 0.05) is 17.7 Å². The van der Waals surface area contributed by atoms with Crippen LogP contribution in [0.4, 0.5) is 0 Å². The van der Waals surface area contributed by atoms with Crippen LogP contribution in [0.3, 0.4) is 0 Å². The maximum atomic E-state index is 13.1. The molecule has 2 aliphatic rings. The minimum atomic E-state index is -1.87. The lowest BCUT2D eigenvalue weighted by atomic mass is 9.89. The summed E-state index contributed by atoms with van der Waals surface area (Å²) in [6, 6.07) is 8.80. The van der Waals surface area contributed by atoms with Crippen LogP contribution < -0.4 is 10.2 Å². The summed E-state index contributed by atoms with van der Waals surface area (Å²) < 4.78 is 27.3. The van der Waals surface area contributed by atoms with E-state index < -0.39 is 90.8 Å². The SMILES string of the molecule is COc1ccc(-c2cc(=O)c3c(O)c([C@@H]4OC(CO)[C@@H](O)[C@H](O[C@@H]5OC[C@@H](O)[C@H](O)C5O)C4O)c(O)cc3o2)cc1. The van der Waals surface area contributed by atoms with Gasteiger partial charge < -0.3 is 64.2 Å². The third-order valence-electron chi connectivity index (χ3n) is 7.28. The van der Waals surface area contributed by atoms with Crippen LogP contribution in [0.2, 0.25) is 0 Å². The van der Waals surface area contributed by atoms with Crippen LogP contribution in [0.15, 0.2) is 45.6 Å². The molecular weight excluding hydrogens is 548 g/mol. The van der Waals surface area contributed by atoms with Crippen molar-refractivity contribution in [3.63, 3.8) is 0 Å². The van der Waals surface area contributed by atoms with Crippen molar-refractivity contribution in [2.75, 3.05) is 20.3 Å². The molecule has 2 aliphatic heterocycles. The lowest BCUT2D eigenvalue weighted by Crippen LogP contribution is -2.61. The van der Waals surface area contributed by atoms with Crippen molar-refractivity contribution in [1.82, 2.24) is 0 Å². The minimum absolute atomic E-state index is 0.140. The fourth-order valence-electron chi connectivity index (χ4n) is 5.02. The van der Waals surface area contributed by atoms with Crippen molar-refractivity contribution >= 4 is 11.0 Å². The predicted octanol–water partition coefficient (Wildman–Crippen LogP) is -1.14. The molecule has 3 unspecified atom stereocenters. The molecule has 2 fully saturated rings. The summed E-state index contributed by atoms with van der Waals surface area (Å²) in [5.41, 5.74) is -0.790. The van der Waals surface area contributed by atoms with Gasteiger partial charge in [-0.15, -0.1) is 0 Å². The number of hydrogen-bond donors (Lipinski definition) is 8. The van der Waals surface area contributed by atoms with Crippen molar-refractivity contribution in [3.8, 4) is 28.6 Å². The van der Waals surface area contributed by atoms with Crippen molar-refractivity contribution in [1.29, 1.82) is 0 Å². The second-order valence-electron chi connectivity index (χ2n) is 9.84. The number of aromatic hydroxyl groups is 2. The number of aliphatic hydroxyl groups excluding tert-OH is 6. The maximum absolute atomic E-state index is 13.1. The Balaban J connectivity index is 1.51. The molecule has 3 heterocycles. The van der Waals surface area contributed by atoms with E-state index in [1.807, 2.05) is 0 Å². The molecule has 41 heavy (non-hydrogen) atoms. The summed E-state index contributed by atoms with van der Waals surface area (Å²) in [6.07, 6.45) is -14.7. The lowest BCUT2D eigenvalue weighted by molar-refractivity contribution is -0.325. The highest BCUT2D eigenvalue weighted by Gasteiger charge is 2.50. The number of ether oxygens (including phenoxy) is 4. The van der Waals surface area contributed by atoms with Crippen molar-refractivity contribution in [3.05, 3.63) is 52.2 Å². The standard InChI is InChI=1S/C27H30O14/c1-37-11-4-2-10(3-5-11)15-6-12(29)18-16(39-15)7-13(30)19(22(18)34)25-24(36)26(21(33)17(8-28)40-25)41-27-23(35)20(32)14(31)9-38-27/h2-7,14,17,20-21,23-28,30-36H,8-9H2,1H3/t14-,17?,20+,21-,23?,24?,25+,26+,27+/m1/s1. The average molecular weight is 579 g/mol. The Labute approximate surface area is 231 Å². The summed E-state index contributed by atoms with van der Waals surface area (Å²) >= 11 is 0. The molecule has 1 aromatic heterocycles. The molecule has 0 aliphatic carbocycles. The van der Waals surface area contributed by atoms with E-state index in [0.29, 0.717) is 11.3 Å². The zero-order valence-electron chi connectivity index (χ0n) is 21.6. The Bertz CT molecular complexity index is 1440. The summed E-state index contributed by atoms with van der Waals surface area (Å²) in [5, 5.41) is 83.3. The molecule has 0 radical (unpaired) electrons. The van der Waals surface area contributed by atoms with Gasteiger partial charge in [0.2, 0.25) is 0 Å². The van der Waals surface area contributed by atoms with Gasteiger partial charge in [-0.2, -0.15) is 0 Å². The Morgan fingerprint density at radius 3 is 2.32 bits per heavy atom. The molecule has 8 N–H and O–H groups in total. The van der Waals surface area contributed by atoms with Crippen molar-refractivity contribution in [2.45, 2.75) is 55.1 Å². The number of benzene rings is 2. The normalized spacial score (nSPS) is 32.2. The second-order valence-corrected chi connectivity index (χ2v) is 9.84. The lowest BCUT2D eigenvalue weighted by Gasteiger charge is -2.45. The number of phenolic OH excluding ortho intramolecular Hbond substituents is 2. The van der Waals surface area contributed by atoms with Crippen molar-refractivity contribution in [2.24, 2.45) is 0 Å². The number of aliphatic hydroxyl groups is 6. The Hall–Kier alpha value is -3.31. The van der Waals surface area contributed by atoms with Crippen LogP contribution in [-0.2, 0) is 14.2 Å². The van der Waals surface area contributed by atoms with Crippen LogP contribution in [0.1, 0.15) is 11.7 Å². The third-order valence-corrected chi connectivity index (χ3v) is 7.28. The molecule has 3 aromatic rings. The van der Waals surface area contributed by atoms with E-state index in [0.717, 1.165) is 12.1 Å². The molecule has 9 atom stereocenters. The Kier molecular flexibility index (Phi) is 8.20. The first-order valence-electron chi connectivity index (χ1n) is 12.7. The topological polar surface area (TPSA) is 229 Å². The van der Waals surface area contributed by atoms with Gasteiger partial charge in [0.05, 0.1) is 25.9 Å².